The molecule has 172 valence electrons. The summed E-state index contributed by atoms with van der Waals surface area (Å²) in [5, 5.41) is 4.29. The fourth-order valence-electron chi connectivity index (χ4n) is 3.13. The van der Waals surface area contributed by atoms with Crippen LogP contribution in [0.3, 0.4) is 0 Å². The number of thiazole rings is 1. The van der Waals surface area contributed by atoms with Gasteiger partial charge in [0.05, 0.1) is 28.8 Å². The van der Waals surface area contributed by atoms with E-state index in [1.54, 1.807) is 0 Å². The monoisotopic (exact) mass is 499 g/mol. The number of alkyl halides is 3. The van der Waals surface area contributed by atoms with Gasteiger partial charge in [-0.3, -0.25) is 18.7 Å². The summed E-state index contributed by atoms with van der Waals surface area (Å²) < 4.78 is 58.3. The standard InChI is InChI=1S/C19H13F4N5O3S2/c1-27-15(30)14-11(26-33-16(14)28(2)18(27)31)6-13(29)25-17-24-12(7-32-17)8-3-4-9(10(20)5-8)19(21,22)23/h3-5,7H,6H2,1-2H3,(H,24,25,29). The number of carbonyl (C=O) groups excluding carboxylic acids is 1. The Bertz CT molecular complexity index is 1520. The molecule has 0 bridgehead atoms. The van der Waals surface area contributed by atoms with Crippen LogP contribution in [-0.2, 0) is 31.5 Å². The maximum atomic E-state index is 13.8. The molecule has 4 aromatic rings. The van der Waals surface area contributed by atoms with Crippen molar-refractivity contribution >= 4 is 44.1 Å². The van der Waals surface area contributed by atoms with Gasteiger partial charge in [-0.2, -0.15) is 17.5 Å². The minimum atomic E-state index is -4.81. The number of aromatic nitrogens is 4. The van der Waals surface area contributed by atoms with Crippen LogP contribution in [0.25, 0.3) is 21.5 Å². The molecule has 1 N–H and O–H groups in total. The molecule has 33 heavy (non-hydrogen) atoms. The van der Waals surface area contributed by atoms with E-state index in [0.717, 1.165) is 39.6 Å². The third kappa shape index (κ3) is 4.18. The maximum Gasteiger partial charge on any atom is 0.419 e. The Morgan fingerprint density at radius 2 is 1.91 bits per heavy atom. The number of benzene rings is 1. The molecule has 1 amide bonds. The molecule has 14 heteroatoms. The van der Waals surface area contributed by atoms with Crippen molar-refractivity contribution in [2.75, 3.05) is 5.32 Å². The van der Waals surface area contributed by atoms with Crippen molar-refractivity contribution in [3.8, 4) is 11.3 Å². The first-order chi connectivity index (χ1) is 15.5. The van der Waals surface area contributed by atoms with Crippen LogP contribution in [0.2, 0.25) is 0 Å². The van der Waals surface area contributed by atoms with Crippen LogP contribution < -0.4 is 16.6 Å². The number of amides is 1. The number of anilines is 1. The van der Waals surface area contributed by atoms with Crippen molar-refractivity contribution in [1.29, 1.82) is 0 Å². The first kappa shape index (κ1) is 22.8. The number of nitrogens with zero attached hydrogens (tertiary/aromatic N) is 4. The summed E-state index contributed by atoms with van der Waals surface area (Å²) >= 11 is 1.92. The fourth-order valence-corrected chi connectivity index (χ4v) is 4.71. The topological polar surface area (TPSA) is 98.9 Å². The first-order valence-corrected chi connectivity index (χ1v) is 10.8. The highest BCUT2D eigenvalue weighted by molar-refractivity contribution is 7.14. The Hall–Kier alpha value is -3.39. The molecular formula is C19H13F4N5O3S2. The van der Waals surface area contributed by atoms with Crippen molar-refractivity contribution in [1.82, 2.24) is 18.5 Å². The van der Waals surface area contributed by atoms with Crippen molar-refractivity contribution < 1.29 is 22.4 Å². The number of nitrogens with one attached hydrogen (secondary N) is 1. The van der Waals surface area contributed by atoms with Crippen LogP contribution in [-0.4, -0.2) is 24.4 Å². The lowest BCUT2D eigenvalue weighted by molar-refractivity contribution is -0.140. The molecule has 8 nitrogen and oxygen atoms in total. The predicted molar refractivity (Wildman–Crippen MR) is 115 cm³/mol. The molecular weight excluding hydrogens is 486 g/mol. The summed E-state index contributed by atoms with van der Waals surface area (Å²) in [6.07, 6.45) is -5.08. The van der Waals surface area contributed by atoms with E-state index in [0.29, 0.717) is 10.9 Å². The van der Waals surface area contributed by atoms with Gasteiger partial charge in [-0.05, 0) is 23.7 Å². The molecule has 0 saturated carbocycles. The number of rotatable bonds is 4. The predicted octanol–water partition coefficient (Wildman–Crippen LogP) is 3.16. The smallest absolute Gasteiger partial charge is 0.302 e. The van der Waals surface area contributed by atoms with Crippen molar-refractivity contribution in [2.45, 2.75) is 12.6 Å². The number of carbonyl (C=O) groups is 1. The molecule has 3 heterocycles. The lowest BCUT2D eigenvalue weighted by Gasteiger charge is -2.08. The molecule has 0 atom stereocenters. The zero-order chi connectivity index (χ0) is 24.1. The molecule has 0 saturated heterocycles. The van der Waals surface area contributed by atoms with Gasteiger partial charge in [0.15, 0.2) is 5.13 Å². The zero-order valence-electron chi connectivity index (χ0n) is 16.9. The van der Waals surface area contributed by atoms with Crippen molar-refractivity contribution in [3.63, 3.8) is 0 Å². The summed E-state index contributed by atoms with van der Waals surface area (Å²) in [6.45, 7) is 0. The number of hydrogen-bond donors (Lipinski definition) is 1. The molecule has 0 aliphatic heterocycles. The van der Waals surface area contributed by atoms with Gasteiger partial charge in [-0.15, -0.1) is 11.3 Å². The Kier molecular flexibility index (Phi) is 5.66. The number of halogens is 4. The van der Waals surface area contributed by atoms with Crippen LogP contribution in [0, 0.1) is 5.82 Å². The highest BCUT2D eigenvalue weighted by Gasteiger charge is 2.34. The van der Waals surface area contributed by atoms with E-state index in [4.69, 9.17) is 0 Å². The molecule has 0 fully saturated rings. The van der Waals surface area contributed by atoms with Crippen molar-refractivity contribution in [3.05, 3.63) is 61.5 Å². The van der Waals surface area contributed by atoms with Gasteiger partial charge in [0.1, 0.15) is 10.6 Å². The summed E-state index contributed by atoms with van der Waals surface area (Å²) in [5.74, 6) is -1.97. The lowest BCUT2D eigenvalue weighted by Crippen LogP contribution is -2.36. The lowest BCUT2D eigenvalue weighted by atomic mass is 10.1. The quantitative estimate of drug-likeness (QED) is 0.435. The summed E-state index contributed by atoms with van der Waals surface area (Å²) in [6, 6.07) is 2.45. The molecule has 0 aliphatic carbocycles. The highest BCUT2D eigenvalue weighted by atomic mass is 32.1. The minimum absolute atomic E-state index is 0.118. The van der Waals surface area contributed by atoms with Gasteiger partial charge in [-0.25, -0.2) is 14.2 Å². The fraction of sp³-hybridized carbons (Fsp3) is 0.211. The summed E-state index contributed by atoms with van der Waals surface area (Å²) in [5.41, 5.74) is -1.95. The molecule has 1 aromatic carbocycles. The second-order valence-electron chi connectivity index (χ2n) is 6.97. The minimum Gasteiger partial charge on any atom is -0.302 e. The third-order valence-corrected chi connectivity index (χ3v) is 6.51. The Balaban J connectivity index is 1.54. The molecule has 0 spiro atoms. The van der Waals surface area contributed by atoms with E-state index in [9.17, 15) is 31.9 Å². The Morgan fingerprint density at radius 3 is 2.58 bits per heavy atom. The van der Waals surface area contributed by atoms with E-state index in [-0.39, 0.29) is 33.9 Å². The highest BCUT2D eigenvalue weighted by Crippen LogP contribution is 2.34. The van der Waals surface area contributed by atoms with Gasteiger partial charge >= 0.3 is 11.9 Å². The maximum absolute atomic E-state index is 13.8. The summed E-state index contributed by atoms with van der Waals surface area (Å²) in [4.78, 5) is 41.4. The zero-order valence-corrected chi connectivity index (χ0v) is 18.5. The van der Waals surface area contributed by atoms with E-state index in [1.807, 2.05) is 0 Å². The molecule has 4 rings (SSSR count). The van der Waals surface area contributed by atoms with Crippen LogP contribution in [0.1, 0.15) is 11.3 Å². The average molecular weight is 499 g/mol. The first-order valence-electron chi connectivity index (χ1n) is 9.14. The normalized spacial score (nSPS) is 11.8. The molecule has 0 aliphatic rings. The molecule has 0 radical (unpaired) electrons. The number of fused-ring (bicyclic) bond motifs is 1. The molecule has 3 aromatic heterocycles. The van der Waals surface area contributed by atoms with Gasteiger partial charge in [0.25, 0.3) is 5.56 Å². The third-order valence-electron chi connectivity index (χ3n) is 4.79. The van der Waals surface area contributed by atoms with Crippen LogP contribution >= 0.6 is 22.9 Å². The van der Waals surface area contributed by atoms with Crippen LogP contribution in [0.4, 0.5) is 22.7 Å². The number of hydrogen-bond acceptors (Lipinski definition) is 7. The van der Waals surface area contributed by atoms with Crippen LogP contribution in [0.5, 0.6) is 0 Å². The van der Waals surface area contributed by atoms with Crippen LogP contribution in [0.15, 0.2) is 33.2 Å². The van der Waals surface area contributed by atoms with Gasteiger partial charge in [0.2, 0.25) is 5.91 Å². The van der Waals surface area contributed by atoms with E-state index in [2.05, 4.69) is 14.7 Å². The Morgan fingerprint density at radius 1 is 1.18 bits per heavy atom. The molecule has 0 unspecified atom stereocenters. The SMILES string of the molecule is Cn1c(=O)c2c(CC(=O)Nc3nc(-c4ccc(C(F)(F)F)c(F)c4)cs3)nsc2n(C)c1=O. The van der Waals surface area contributed by atoms with E-state index in [1.165, 1.54) is 24.0 Å². The van der Waals surface area contributed by atoms with E-state index < -0.39 is 34.7 Å². The van der Waals surface area contributed by atoms with Gasteiger partial charge in [-0.1, -0.05) is 6.07 Å². The largest absolute Gasteiger partial charge is 0.419 e. The van der Waals surface area contributed by atoms with Gasteiger partial charge in [0, 0.05) is 25.0 Å². The average Bonchev–Trinajstić information content (AvgIpc) is 3.37. The second-order valence-corrected chi connectivity index (χ2v) is 8.58. The van der Waals surface area contributed by atoms with Gasteiger partial charge < -0.3 is 5.32 Å². The second kappa shape index (κ2) is 8.19. The van der Waals surface area contributed by atoms with E-state index >= 15 is 0 Å². The van der Waals surface area contributed by atoms with Crippen molar-refractivity contribution in [2.24, 2.45) is 14.1 Å². The summed E-state index contributed by atoms with van der Waals surface area (Å²) in [7, 11) is 2.82. The number of aryl methyl sites for hydroxylation is 1. The Labute approximate surface area is 189 Å².